The highest BCUT2D eigenvalue weighted by Crippen LogP contribution is 2.31. The molecule has 1 atom stereocenters. The molecule has 31 heavy (non-hydrogen) atoms. The van der Waals surface area contributed by atoms with E-state index < -0.39 is 33.2 Å². The van der Waals surface area contributed by atoms with Crippen LogP contribution in [0.1, 0.15) is 32.0 Å². The zero-order valence-corrected chi connectivity index (χ0v) is 18.5. The zero-order chi connectivity index (χ0) is 22.8. The quantitative estimate of drug-likeness (QED) is 0.642. The number of halogens is 3. The van der Waals surface area contributed by atoms with E-state index in [0.717, 1.165) is 35.6 Å². The Labute approximate surface area is 182 Å². The molecule has 0 radical (unpaired) electrons. The number of carbonyl (C=O) groups is 1. The van der Waals surface area contributed by atoms with Gasteiger partial charge in [-0.3, -0.25) is 4.79 Å². The molecule has 13 heteroatoms. The molecule has 1 fully saturated rings. The highest BCUT2D eigenvalue weighted by atomic mass is 32.2. The van der Waals surface area contributed by atoms with Gasteiger partial charge >= 0.3 is 6.18 Å². The van der Waals surface area contributed by atoms with Gasteiger partial charge in [0, 0.05) is 25.8 Å². The Balaban J connectivity index is 1.63. The molecule has 0 saturated carbocycles. The molecule has 1 saturated heterocycles. The van der Waals surface area contributed by atoms with Gasteiger partial charge in [-0.15, -0.1) is 10.2 Å². The lowest BCUT2D eigenvalue weighted by Gasteiger charge is -2.25. The number of carbonyl (C=O) groups excluding carboxylic acids is 1. The third kappa shape index (κ3) is 5.39. The Morgan fingerprint density at radius 2 is 1.74 bits per heavy atom. The molecular weight excluding hydrogens is 455 g/mol. The summed E-state index contributed by atoms with van der Waals surface area (Å²) in [4.78, 5) is 12.6. The standard InChI is InChI=1S/C18H22F3N5O3S2/c1-12(30-17-24-23-16(25(17)2)18(19,20)21)15(27)22-13-6-8-14(9-7-13)31(28,29)26-10-4-3-5-11-26/h6-9,12H,3-5,10-11H2,1-2H3,(H,22,27). The van der Waals surface area contributed by atoms with Gasteiger partial charge in [0.2, 0.25) is 21.8 Å². The molecule has 0 aliphatic carbocycles. The number of hydrogen-bond acceptors (Lipinski definition) is 6. The van der Waals surface area contributed by atoms with Crippen molar-refractivity contribution in [3.8, 4) is 0 Å². The van der Waals surface area contributed by atoms with Crippen LogP contribution in [0.25, 0.3) is 0 Å². The van der Waals surface area contributed by atoms with Gasteiger partial charge in [-0.1, -0.05) is 18.2 Å². The molecule has 0 spiro atoms. The first-order valence-electron chi connectivity index (χ1n) is 9.54. The first kappa shape index (κ1) is 23.5. The molecule has 3 rings (SSSR count). The maximum Gasteiger partial charge on any atom is 0.451 e. The van der Waals surface area contributed by atoms with Crippen molar-refractivity contribution in [2.24, 2.45) is 7.05 Å². The second-order valence-corrected chi connectivity index (χ2v) is 10.3. The number of hydrogen-bond donors (Lipinski definition) is 1. The molecule has 1 aromatic carbocycles. The summed E-state index contributed by atoms with van der Waals surface area (Å²) in [5.41, 5.74) is 0.379. The minimum Gasteiger partial charge on any atom is -0.325 e. The highest BCUT2D eigenvalue weighted by Gasteiger charge is 2.38. The SMILES string of the molecule is CC(Sc1nnc(C(F)(F)F)n1C)C(=O)Nc1ccc(S(=O)(=O)N2CCCCC2)cc1. The molecule has 1 amide bonds. The van der Waals surface area contributed by atoms with Gasteiger partial charge in [0.1, 0.15) is 0 Å². The summed E-state index contributed by atoms with van der Waals surface area (Å²) in [7, 11) is -2.39. The van der Waals surface area contributed by atoms with Crippen LogP contribution in [0.2, 0.25) is 0 Å². The summed E-state index contributed by atoms with van der Waals surface area (Å²) < 4.78 is 66.1. The van der Waals surface area contributed by atoms with Gasteiger partial charge in [0.25, 0.3) is 0 Å². The van der Waals surface area contributed by atoms with Gasteiger partial charge in [-0.05, 0) is 44.0 Å². The average Bonchev–Trinajstić information content (AvgIpc) is 3.09. The van der Waals surface area contributed by atoms with Crippen LogP contribution in [0.4, 0.5) is 18.9 Å². The van der Waals surface area contributed by atoms with Crippen molar-refractivity contribution in [3.05, 3.63) is 30.1 Å². The number of sulfonamides is 1. The summed E-state index contributed by atoms with van der Waals surface area (Å²) in [6.45, 7) is 2.51. The van der Waals surface area contributed by atoms with Crippen molar-refractivity contribution in [2.75, 3.05) is 18.4 Å². The topological polar surface area (TPSA) is 97.2 Å². The van der Waals surface area contributed by atoms with Crippen LogP contribution < -0.4 is 5.32 Å². The van der Waals surface area contributed by atoms with E-state index in [1.54, 1.807) is 0 Å². The van der Waals surface area contributed by atoms with E-state index in [9.17, 15) is 26.4 Å². The number of piperidine rings is 1. The Bertz CT molecular complexity index is 1030. The van der Waals surface area contributed by atoms with Crippen LogP contribution in [0, 0.1) is 0 Å². The van der Waals surface area contributed by atoms with Gasteiger partial charge in [-0.2, -0.15) is 17.5 Å². The van der Waals surface area contributed by atoms with Crippen molar-refractivity contribution in [1.29, 1.82) is 0 Å². The lowest BCUT2D eigenvalue weighted by Crippen LogP contribution is -2.35. The van der Waals surface area contributed by atoms with Crippen molar-refractivity contribution in [2.45, 2.75) is 47.7 Å². The van der Waals surface area contributed by atoms with Crippen LogP contribution in [0.5, 0.6) is 0 Å². The summed E-state index contributed by atoms with van der Waals surface area (Å²) in [5.74, 6) is -1.61. The molecule has 0 bridgehead atoms. The second-order valence-electron chi connectivity index (χ2n) is 7.10. The second kappa shape index (κ2) is 9.17. The van der Waals surface area contributed by atoms with Crippen molar-refractivity contribution in [3.63, 3.8) is 0 Å². The van der Waals surface area contributed by atoms with E-state index in [4.69, 9.17) is 0 Å². The van der Waals surface area contributed by atoms with Gasteiger partial charge in [0.15, 0.2) is 5.16 Å². The van der Waals surface area contributed by atoms with E-state index in [1.165, 1.54) is 42.5 Å². The first-order chi connectivity index (χ1) is 14.5. The Kier molecular flexibility index (Phi) is 6.96. The fourth-order valence-electron chi connectivity index (χ4n) is 3.08. The molecule has 1 aromatic heterocycles. The van der Waals surface area contributed by atoms with Crippen LogP contribution in [0.15, 0.2) is 34.3 Å². The van der Waals surface area contributed by atoms with Gasteiger partial charge in [0.05, 0.1) is 10.1 Å². The number of nitrogens with one attached hydrogen (secondary N) is 1. The average molecular weight is 478 g/mol. The molecule has 1 aliphatic heterocycles. The summed E-state index contributed by atoms with van der Waals surface area (Å²) in [6, 6.07) is 5.82. The van der Waals surface area contributed by atoms with Crippen LogP contribution >= 0.6 is 11.8 Å². The van der Waals surface area contributed by atoms with Gasteiger partial charge < -0.3 is 9.88 Å². The molecule has 1 N–H and O–H groups in total. The molecule has 2 aromatic rings. The lowest BCUT2D eigenvalue weighted by molar-refractivity contribution is -0.147. The Morgan fingerprint density at radius 1 is 1.13 bits per heavy atom. The highest BCUT2D eigenvalue weighted by molar-refractivity contribution is 8.00. The van der Waals surface area contributed by atoms with Crippen molar-refractivity contribution in [1.82, 2.24) is 19.1 Å². The third-order valence-electron chi connectivity index (χ3n) is 4.81. The van der Waals surface area contributed by atoms with Crippen molar-refractivity contribution < 1.29 is 26.4 Å². The maximum atomic E-state index is 12.8. The molecule has 170 valence electrons. The predicted octanol–water partition coefficient (Wildman–Crippen LogP) is 3.13. The number of anilines is 1. The number of benzene rings is 1. The van der Waals surface area contributed by atoms with Crippen LogP contribution in [-0.4, -0.2) is 51.7 Å². The van der Waals surface area contributed by atoms with E-state index in [0.29, 0.717) is 18.8 Å². The number of alkyl halides is 3. The van der Waals surface area contributed by atoms with E-state index in [-0.39, 0.29) is 10.1 Å². The normalized spacial score (nSPS) is 16.8. The monoisotopic (exact) mass is 477 g/mol. The summed E-state index contributed by atoms with van der Waals surface area (Å²) >= 11 is 0.835. The van der Waals surface area contributed by atoms with E-state index in [2.05, 4.69) is 15.5 Å². The molecule has 2 heterocycles. The number of thioether (sulfide) groups is 1. The number of rotatable bonds is 6. The number of nitrogens with zero attached hydrogens (tertiary/aromatic N) is 4. The largest absolute Gasteiger partial charge is 0.451 e. The maximum absolute atomic E-state index is 12.8. The van der Waals surface area contributed by atoms with E-state index >= 15 is 0 Å². The Morgan fingerprint density at radius 3 is 2.29 bits per heavy atom. The number of amides is 1. The summed E-state index contributed by atoms with van der Waals surface area (Å²) in [5, 5.41) is 8.45. The Hall–Kier alpha value is -2.12. The van der Waals surface area contributed by atoms with E-state index in [1.807, 2.05) is 0 Å². The minimum absolute atomic E-state index is 0.0436. The molecular formula is C18H22F3N5O3S2. The molecule has 1 aliphatic rings. The smallest absolute Gasteiger partial charge is 0.325 e. The summed E-state index contributed by atoms with van der Waals surface area (Å²) in [6.07, 6.45) is -1.96. The predicted molar refractivity (Wildman–Crippen MR) is 109 cm³/mol. The van der Waals surface area contributed by atoms with Gasteiger partial charge in [-0.25, -0.2) is 8.42 Å². The lowest BCUT2D eigenvalue weighted by atomic mass is 10.2. The molecule has 8 nitrogen and oxygen atoms in total. The van der Waals surface area contributed by atoms with Crippen molar-refractivity contribution >= 4 is 33.4 Å². The van der Waals surface area contributed by atoms with Crippen LogP contribution in [-0.2, 0) is 28.0 Å². The zero-order valence-electron chi connectivity index (χ0n) is 16.9. The third-order valence-corrected chi connectivity index (χ3v) is 7.86. The fraction of sp³-hybridized carbons (Fsp3) is 0.500. The number of aromatic nitrogens is 3. The van der Waals surface area contributed by atoms with Crippen LogP contribution in [0.3, 0.4) is 0 Å². The minimum atomic E-state index is -4.64. The fourth-order valence-corrected chi connectivity index (χ4v) is 5.42. The molecule has 1 unspecified atom stereocenters. The first-order valence-corrected chi connectivity index (χ1v) is 11.9.